The molecule has 2 rings (SSSR count). The summed E-state index contributed by atoms with van der Waals surface area (Å²) in [7, 11) is 1.68. The molecule has 0 saturated heterocycles. The normalized spacial score (nSPS) is 14.6. The van der Waals surface area contributed by atoms with Crippen molar-refractivity contribution in [2.75, 3.05) is 40.0 Å². The Bertz CT molecular complexity index is 470. The molecule has 0 radical (unpaired) electrons. The lowest BCUT2D eigenvalue weighted by Crippen LogP contribution is -2.38. The van der Waals surface area contributed by atoms with Gasteiger partial charge in [-0.3, -0.25) is 4.99 Å². The topological polar surface area (TPSA) is 54.9 Å². The van der Waals surface area contributed by atoms with Gasteiger partial charge in [-0.05, 0) is 49.8 Å². The van der Waals surface area contributed by atoms with Crippen molar-refractivity contribution in [3.63, 3.8) is 0 Å². The maximum Gasteiger partial charge on any atom is 0.191 e. The average molecular weight is 319 g/mol. The van der Waals surface area contributed by atoms with Crippen molar-refractivity contribution in [1.82, 2.24) is 10.6 Å². The maximum absolute atomic E-state index is 5.61. The van der Waals surface area contributed by atoms with Gasteiger partial charge in [0.1, 0.15) is 5.75 Å². The number of hydrogen-bond acceptors (Lipinski definition) is 3. The van der Waals surface area contributed by atoms with Crippen molar-refractivity contribution < 1.29 is 9.47 Å². The second-order valence-electron chi connectivity index (χ2n) is 5.80. The maximum atomic E-state index is 5.61. The zero-order valence-corrected chi connectivity index (χ0v) is 14.3. The Morgan fingerprint density at radius 1 is 1.22 bits per heavy atom. The Balaban J connectivity index is 1.65. The minimum Gasteiger partial charge on any atom is -0.497 e. The fraction of sp³-hybridized carbons (Fsp3) is 0.611. The third-order valence-electron chi connectivity index (χ3n) is 3.77. The number of nitrogens with one attached hydrogen (secondary N) is 2. The Labute approximate surface area is 139 Å². The molecule has 0 aliphatic heterocycles. The summed E-state index contributed by atoms with van der Waals surface area (Å²) in [5, 5.41) is 6.62. The summed E-state index contributed by atoms with van der Waals surface area (Å²) >= 11 is 0. The summed E-state index contributed by atoms with van der Waals surface area (Å²) < 4.78 is 10.8. The van der Waals surface area contributed by atoms with E-state index in [1.807, 2.05) is 12.1 Å². The summed E-state index contributed by atoms with van der Waals surface area (Å²) in [5.74, 6) is 2.56. The number of aliphatic imine (C=N–C) groups is 1. The molecule has 0 amide bonds. The molecule has 0 bridgehead atoms. The first-order chi connectivity index (χ1) is 11.3. The molecular formula is C18H29N3O2. The van der Waals surface area contributed by atoms with Crippen LogP contribution in [0.1, 0.15) is 25.3 Å². The zero-order valence-electron chi connectivity index (χ0n) is 14.3. The van der Waals surface area contributed by atoms with Crippen LogP contribution in [-0.2, 0) is 11.2 Å². The van der Waals surface area contributed by atoms with Crippen molar-refractivity contribution in [2.24, 2.45) is 10.9 Å². The van der Waals surface area contributed by atoms with Gasteiger partial charge in [-0.25, -0.2) is 0 Å². The number of methoxy groups -OCH3 is 1. The molecule has 5 heteroatoms. The molecule has 0 spiro atoms. The molecule has 1 saturated carbocycles. The zero-order chi connectivity index (χ0) is 16.3. The third-order valence-corrected chi connectivity index (χ3v) is 3.77. The van der Waals surface area contributed by atoms with E-state index in [1.54, 1.807) is 7.11 Å². The van der Waals surface area contributed by atoms with Gasteiger partial charge < -0.3 is 20.1 Å². The summed E-state index contributed by atoms with van der Waals surface area (Å²) in [6.45, 7) is 6.08. The number of nitrogens with zero attached hydrogens (tertiary/aromatic N) is 1. The smallest absolute Gasteiger partial charge is 0.191 e. The van der Waals surface area contributed by atoms with Crippen LogP contribution in [0.25, 0.3) is 0 Å². The van der Waals surface area contributed by atoms with Gasteiger partial charge in [0.15, 0.2) is 5.96 Å². The van der Waals surface area contributed by atoms with Gasteiger partial charge in [0.05, 0.1) is 20.3 Å². The third kappa shape index (κ3) is 7.37. The van der Waals surface area contributed by atoms with Crippen molar-refractivity contribution in [1.29, 1.82) is 0 Å². The van der Waals surface area contributed by atoms with Gasteiger partial charge in [-0.2, -0.15) is 0 Å². The fourth-order valence-electron chi connectivity index (χ4n) is 2.22. The van der Waals surface area contributed by atoms with Crippen molar-refractivity contribution in [3.05, 3.63) is 29.8 Å². The Morgan fingerprint density at radius 3 is 2.65 bits per heavy atom. The number of guanidine groups is 1. The molecule has 1 aliphatic carbocycles. The number of rotatable bonds is 10. The van der Waals surface area contributed by atoms with Crippen LogP contribution in [0.5, 0.6) is 5.75 Å². The van der Waals surface area contributed by atoms with E-state index in [0.717, 1.165) is 43.7 Å². The van der Waals surface area contributed by atoms with Gasteiger partial charge in [-0.1, -0.05) is 12.1 Å². The molecule has 0 heterocycles. The highest BCUT2D eigenvalue weighted by Crippen LogP contribution is 2.28. The van der Waals surface area contributed by atoms with Crippen molar-refractivity contribution >= 4 is 5.96 Å². The van der Waals surface area contributed by atoms with E-state index in [0.29, 0.717) is 13.2 Å². The van der Waals surface area contributed by atoms with Crippen LogP contribution in [-0.4, -0.2) is 45.9 Å². The Kier molecular flexibility index (Phi) is 7.73. The molecule has 2 N–H and O–H groups in total. The second-order valence-corrected chi connectivity index (χ2v) is 5.80. The summed E-state index contributed by atoms with van der Waals surface area (Å²) in [5.41, 5.74) is 1.28. The van der Waals surface area contributed by atoms with E-state index in [4.69, 9.17) is 9.47 Å². The van der Waals surface area contributed by atoms with Crippen LogP contribution in [0, 0.1) is 5.92 Å². The van der Waals surface area contributed by atoms with Crippen LogP contribution in [0.2, 0.25) is 0 Å². The molecular weight excluding hydrogens is 290 g/mol. The standard InChI is InChI=1S/C18H29N3O2/c1-3-19-18(21-12-13-23-14-16-4-5-16)20-11-10-15-6-8-17(22-2)9-7-15/h6-9,16H,3-5,10-14H2,1-2H3,(H2,19,20,21). The lowest BCUT2D eigenvalue weighted by atomic mass is 10.1. The summed E-state index contributed by atoms with van der Waals surface area (Å²) in [4.78, 5) is 4.54. The summed E-state index contributed by atoms with van der Waals surface area (Å²) in [6, 6.07) is 8.17. The van der Waals surface area contributed by atoms with Crippen LogP contribution < -0.4 is 15.4 Å². The highest BCUT2D eigenvalue weighted by atomic mass is 16.5. The van der Waals surface area contributed by atoms with Crippen LogP contribution >= 0.6 is 0 Å². The Morgan fingerprint density at radius 2 is 2.00 bits per heavy atom. The van der Waals surface area contributed by atoms with Gasteiger partial charge in [0, 0.05) is 19.7 Å². The van der Waals surface area contributed by atoms with E-state index < -0.39 is 0 Å². The number of hydrogen-bond donors (Lipinski definition) is 2. The van der Waals surface area contributed by atoms with Gasteiger partial charge in [-0.15, -0.1) is 0 Å². The molecule has 1 aliphatic rings. The van der Waals surface area contributed by atoms with E-state index in [2.05, 4.69) is 34.7 Å². The molecule has 1 aromatic rings. The number of benzene rings is 1. The SMILES string of the molecule is CCNC(=NCCOCC1CC1)NCCc1ccc(OC)cc1. The van der Waals surface area contributed by atoms with E-state index in [-0.39, 0.29) is 0 Å². The first kappa shape index (κ1) is 17.6. The van der Waals surface area contributed by atoms with E-state index >= 15 is 0 Å². The molecule has 0 aromatic heterocycles. The van der Waals surface area contributed by atoms with E-state index in [1.165, 1.54) is 18.4 Å². The fourth-order valence-corrected chi connectivity index (χ4v) is 2.22. The highest BCUT2D eigenvalue weighted by Gasteiger charge is 2.20. The predicted octanol–water partition coefficient (Wildman–Crippen LogP) is 2.22. The minimum atomic E-state index is 0.699. The molecule has 1 fully saturated rings. The molecule has 23 heavy (non-hydrogen) atoms. The lowest BCUT2D eigenvalue weighted by molar-refractivity contribution is 0.131. The van der Waals surface area contributed by atoms with Crippen LogP contribution in [0.15, 0.2) is 29.3 Å². The first-order valence-electron chi connectivity index (χ1n) is 8.54. The Hall–Kier alpha value is -1.75. The van der Waals surface area contributed by atoms with Crippen LogP contribution in [0.3, 0.4) is 0 Å². The molecule has 0 unspecified atom stereocenters. The highest BCUT2D eigenvalue weighted by molar-refractivity contribution is 5.79. The largest absolute Gasteiger partial charge is 0.497 e. The second kappa shape index (κ2) is 10.1. The van der Waals surface area contributed by atoms with Crippen molar-refractivity contribution in [3.8, 4) is 5.75 Å². The van der Waals surface area contributed by atoms with Gasteiger partial charge >= 0.3 is 0 Å². The average Bonchev–Trinajstić information content (AvgIpc) is 3.39. The predicted molar refractivity (Wildman–Crippen MR) is 94.2 cm³/mol. The van der Waals surface area contributed by atoms with Gasteiger partial charge in [0.2, 0.25) is 0 Å². The van der Waals surface area contributed by atoms with Crippen molar-refractivity contribution in [2.45, 2.75) is 26.2 Å². The lowest BCUT2D eigenvalue weighted by Gasteiger charge is -2.11. The summed E-state index contributed by atoms with van der Waals surface area (Å²) in [6.07, 6.45) is 3.62. The van der Waals surface area contributed by atoms with Gasteiger partial charge in [0.25, 0.3) is 0 Å². The minimum absolute atomic E-state index is 0.699. The molecule has 5 nitrogen and oxygen atoms in total. The van der Waals surface area contributed by atoms with E-state index in [9.17, 15) is 0 Å². The molecule has 0 atom stereocenters. The first-order valence-corrected chi connectivity index (χ1v) is 8.54. The monoisotopic (exact) mass is 319 g/mol. The molecule has 128 valence electrons. The quantitative estimate of drug-likeness (QED) is 0.394. The van der Waals surface area contributed by atoms with Crippen LogP contribution in [0.4, 0.5) is 0 Å². The molecule has 1 aromatic carbocycles. The number of ether oxygens (including phenoxy) is 2.